The summed E-state index contributed by atoms with van der Waals surface area (Å²) in [6.07, 6.45) is 1.02. The Morgan fingerprint density at radius 1 is 1.50 bits per heavy atom. The molecule has 62 valence electrons. The molecule has 1 fully saturated rings. The van der Waals surface area contributed by atoms with Crippen molar-refractivity contribution in [3.05, 3.63) is 0 Å². The molecule has 0 aliphatic carbocycles. The summed E-state index contributed by atoms with van der Waals surface area (Å²) in [5, 5.41) is 9.00. The van der Waals surface area contributed by atoms with E-state index in [-0.39, 0.29) is 6.10 Å². The Kier molecular flexibility index (Phi) is 4.65. The average molecular weight is 145 g/mol. The molecule has 1 aliphatic rings. The van der Waals surface area contributed by atoms with Crippen LogP contribution in [0.3, 0.4) is 0 Å². The van der Waals surface area contributed by atoms with Crippen LogP contribution in [0.5, 0.6) is 0 Å². The smallest absolute Gasteiger partial charge is 0.0667 e. The van der Waals surface area contributed by atoms with E-state index < -0.39 is 0 Å². The minimum Gasteiger partial charge on any atom is -0.392 e. The topological polar surface area (TPSA) is 23.5 Å². The fourth-order valence-corrected chi connectivity index (χ4v) is 1.15. The van der Waals surface area contributed by atoms with Gasteiger partial charge in [-0.25, -0.2) is 0 Å². The molecule has 0 bridgehead atoms. The van der Waals surface area contributed by atoms with Gasteiger partial charge in [-0.05, 0) is 26.9 Å². The van der Waals surface area contributed by atoms with Crippen LogP contribution in [0, 0.1) is 0 Å². The summed E-state index contributed by atoms with van der Waals surface area (Å²) in [5.74, 6) is 0. The van der Waals surface area contributed by atoms with E-state index in [9.17, 15) is 0 Å². The van der Waals surface area contributed by atoms with Crippen molar-refractivity contribution in [2.75, 3.05) is 13.6 Å². The van der Waals surface area contributed by atoms with Crippen LogP contribution >= 0.6 is 0 Å². The molecule has 2 nitrogen and oxygen atoms in total. The molecule has 1 aliphatic heterocycles. The maximum Gasteiger partial charge on any atom is 0.0667 e. The number of aliphatic hydroxyl groups excluding tert-OH is 1. The van der Waals surface area contributed by atoms with Gasteiger partial charge in [0.05, 0.1) is 6.10 Å². The second kappa shape index (κ2) is 4.69. The lowest BCUT2D eigenvalue weighted by Crippen LogP contribution is -2.50. The fourth-order valence-electron chi connectivity index (χ4n) is 1.15. The number of likely N-dealkylation sites (N-methyl/N-ethyl adjacent to an activating group) is 1. The monoisotopic (exact) mass is 145 g/mol. The summed E-state index contributed by atoms with van der Waals surface area (Å²) >= 11 is 0. The van der Waals surface area contributed by atoms with Crippen LogP contribution in [0.15, 0.2) is 0 Å². The van der Waals surface area contributed by atoms with Gasteiger partial charge in [-0.1, -0.05) is 13.8 Å². The van der Waals surface area contributed by atoms with Crippen LogP contribution in [-0.4, -0.2) is 35.7 Å². The molecule has 0 aromatic carbocycles. The normalized spacial score (nSPS) is 27.9. The zero-order valence-electron chi connectivity index (χ0n) is 7.46. The number of aliphatic hydroxyl groups is 1. The molecule has 1 N–H and O–H groups in total. The van der Waals surface area contributed by atoms with E-state index in [0.29, 0.717) is 6.04 Å². The van der Waals surface area contributed by atoms with Crippen molar-refractivity contribution < 1.29 is 5.11 Å². The van der Waals surface area contributed by atoms with Gasteiger partial charge in [0.25, 0.3) is 0 Å². The van der Waals surface area contributed by atoms with E-state index in [4.69, 9.17) is 5.11 Å². The van der Waals surface area contributed by atoms with Crippen molar-refractivity contribution in [3.8, 4) is 0 Å². The number of rotatable bonds is 1. The van der Waals surface area contributed by atoms with Gasteiger partial charge in [-0.3, -0.25) is 0 Å². The van der Waals surface area contributed by atoms with Crippen LogP contribution in [0.1, 0.15) is 27.2 Å². The molecule has 0 unspecified atom stereocenters. The molecule has 0 aromatic rings. The van der Waals surface area contributed by atoms with Crippen molar-refractivity contribution in [2.45, 2.75) is 39.3 Å². The first-order valence-electron chi connectivity index (χ1n) is 4.10. The zero-order valence-corrected chi connectivity index (χ0v) is 7.46. The molecule has 0 saturated carbocycles. The van der Waals surface area contributed by atoms with Gasteiger partial charge in [0.1, 0.15) is 0 Å². The molecule has 0 amide bonds. The molecule has 10 heavy (non-hydrogen) atoms. The molecule has 0 spiro atoms. The van der Waals surface area contributed by atoms with E-state index in [1.165, 1.54) is 0 Å². The minimum absolute atomic E-state index is 0.145. The third-order valence-corrected chi connectivity index (χ3v) is 1.90. The Morgan fingerprint density at radius 3 is 2.00 bits per heavy atom. The molecule has 2 heteroatoms. The van der Waals surface area contributed by atoms with Gasteiger partial charge >= 0.3 is 0 Å². The van der Waals surface area contributed by atoms with Gasteiger partial charge in [-0.15, -0.1) is 0 Å². The summed E-state index contributed by atoms with van der Waals surface area (Å²) < 4.78 is 0. The second-order valence-corrected chi connectivity index (χ2v) is 2.58. The van der Waals surface area contributed by atoms with Crippen molar-refractivity contribution in [2.24, 2.45) is 0 Å². The Balaban J connectivity index is 0.000000371. The quantitative estimate of drug-likeness (QED) is 0.597. The maximum atomic E-state index is 9.00. The summed E-state index contributed by atoms with van der Waals surface area (Å²) in [5.41, 5.74) is 0. The van der Waals surface area contributed by atoms with Crippen LogP contribution in [-0.2, 0) is 0 Å². The highest BCUT2D eigenvalue weighted by Crippen LogP contribution is 2.16. The lowest BCUT2D eigenvalue weighted by atomic mass is 10.00. The average Bonchev–Trinajstić information content (AvgIpc) is 1.88. The fraction of sp³-hybridized carbons (Fsp3) is 1.00. The summed E-state index contributed by atoms with van der Waals surface area (Å²) in [4.78, 5) is 2.17. The second-order valence-electron chi connectivity index (χ2n) is 2.58. The Morgan fingerprint density at radius 2 is 2.00 bits per heavy atom. The van der Waals surface area contributed by atoms with E-state index in [2.05, 4.69) is 4.90 Å². The summed E-state index contributed by atoms with van der Waals surface area (Å²) in [6, 6.07) is 0.440. The van der Waals surface area contributed by atoms with Crippen LogP contribution in [0.25, 0.3) is 0 Å². The van der Waals surface area contributed by atoms with Crippen molar-refractivity contribution >= 4 is 0 Å². The first-order chi connectivity index (χ1) is 4.72. The molecule has 1 saturated heterocycles. The Labute approximate surface area is 63.8 Å². The largest absolute Gasteiger partial charge is 0.392 e. The minimum atomic E-state index is -0.145. The highest BCUT2D eigenvalue weighted by Gasteiger charge is 2.27. The highest BCUT2D eigenvalue weighted by molar-refractivity contribution is 4.83. The van der Waals surface area contributed by atoms with Crippen molar-refractivity contribution in [1.29, 1.82) is 0 Å². The Bertz CT molecular complexity index is 78.6. The summed E-state index contributed by atoms with van der Waals surface area (Å²) in [6.45, 7) is 7.00. The molecule has 1 rings (SSSR count). The maximum absolute atomic E-state index is 9.00. The van der Waals surface area contributed by atoms with Gasteiger partial charge in [0.2, 0.25) is 0 Å². The number of hydrogen-bond acceptors (Lipinski definition) is 2. The van der Waals surface area contributed by atoms with Gasteiger partial charge in [0, 0.05) is 6.04 Å². The Hall–Kier alpha value is -0.0800. The third kappa shape index (κ3) is 2.27. The predicted molar refractivity (Wildman–Crippen MR) is 44.1 cm³/mol. The highest BCUT2D eigenvalue weighted by atomic mass is 16.3. The first-order valence-corrected chi connectivity index (χ1v) is 4.10. The molecule has 0 radical (unpaired) electrons. The van der Waals surface area contributed by atoms with E-state index in [0.717, 1.165) is 13.0 Å². The molecule has 2 atom stereocenters. The first kappa shape index (κ1) is 9.92. The summed E-state index contributed by atoms with van der Waals surface area (Å²) in [7, 11) is 2.04. The predicted octanol–water partition coefficient (Wildman–Crippen LogP) is 1.10. The third-order valence-electron chi connectivity index (χ3n) is 1.90. The SMILES string of the molecule is CC.C[C@H](O)[C@@H]1CCN1C. The van der Waals surface area contributed by atoms with Crippen LogP contribution < -0.4 is 0 Å². The lowest BCUT2D eigenvalue weighted by molar-refractivity contribution is 0.0134. The molecular weight excluding hydrogens is 126 g/mol. The zero-order chi connectivity index (χ0) is 8.15. The van der Waals surface area contributed by atoms with E-state index in [1.807, 2.05) is 27.8 Å². The van der Waals surface area contributed by atoms with Crippen LogP contribution in [0.2, 0.25) is 0 Å². The van der Waals surface area contributed by atoms with E-state index in [1.54, 1.807) is 0 Å². The molecule has 0 aromatic heterocycles. The molecule has 1 heterocycles. The standard InChI is InChI=1S/C6H13NO.C2H6/c1-5(8)6-3-4-7(6)2;1-2/h5-6,8H,3-4H2,1-2H3;1-2H3/t5-,6-;/m0./s1. The number of nitrogens with zero attached hydrogens (tertiary/aromatic N) is 1. The van der Waals surface area contributed by atoms with Gasteiger partial charge in [0.15, 0.2) is 0 Å². The number of hydrogen-bond donors (Lipinski definition) is 1. The van der Waals surface area contributed by atoms with Crippen molar-refractivity contribution in [1.82, 2.24) is 4.90 Å². The number of likely N-dealkylation sites (tertiary alicyclic amines) is 1. The van der Waals surface area contributed by atoms with Crippen molar-refractivity contribution in [3.63, 3.8) is 0 Å². The molecular formula is C8H19NO. The van der Waals surface area contributed by atoms with Gasteiger partial charge in [-0.2, -0.15) is 0 Å². The lowest BCUT2D eigenvalue weighted by Gasteiger charge is -2.39. The van der Waals surface area contributed by atoms with Gasteiger partial charge < -0.3 is 10.0 Å². The van der Waals surface area contributed by atoms with Crippen LogP contribution in [0.4, 0.5) is 0 Å². The van der Waals surface area contributed by atoms with E-state index >= 15 is 0 Å².